The van der Waals surface area contributed by atoms with Crippen molar-refractivity contribution in [2.75, 3.05) is 13.1 Å². The predicted molar refractivity (Wildman–Crippen MR) is 68.4 cm³/mol. The van der Waals surface area contributed by atoms with Gasteiger partial charge >= 0.3 is 0 Å². The van der Waals surface area contributed by atoms with Gasteiger partial charge in [0.05, 0.1) is 5.92 Å². The van der Waals surface area contributed by atoms with Crippen molar-refractivity contribution in [2.45, 2.75) is 19.9 Å². The monoisotopic (exact) mass is 232 g/mol. The van der Waals surface area contributed by atoms with Crippen molar-refractivity contribution in [1.29, 1.82) is 0 Å². The van der Waals surface area contributed by atoms with E-state index in [0.717, 1.165) is 25.1 Å². The normalized spacial score (nSPS) is 24.3. The first-order valence-corrected chi connectivity index (χ1v) is 6.28. The van der Waals surface area contributed by atoms with Crippen molar-refractivity contribution < 1.29 is 4.79 Å². The Bertz CT molecular complexity index is 364. The molecule has 3 heteroatoms. The molecule has 17 heavy (non-hydrogen) atoms. The number of rotatable bonds is 3. The molecule has 1 aromatic carbocycles. The van der Waals surface area contributed by atoms with Crippen molar-refractivity contribution in [3.05, 3.63) is 35.9 Å². The molecule has 1 saturated heterocycles. The fraction of sp³-hybridized carbons (Fsp3) is 0.500. The van der Waals surface area contributed by atoms with E-state index in [0.29, 0.717) is 12.5 Å². The molecule has 0 aromatic heterocycles. The van der Waals surface area contributed by atoms with Gasteiger partial charge in [0.1, 0.15) is 0 Å². The Morgan fingerprint density at radius 2 is 2.12 bits per heavy atom. The summed E-state index contributed by atoms with van der Waals surface area (Å²) in [4.78, 5) is 12.0. The molecule has 0 bridgehead atoms. The number of hydrogen-bond acceptors (Lipinski definition) is 2. The molecule has 1 amide bonds. The van der Waals surface area contributed by atoms with Crippen LogP contribution in [0.25, 0.3) is 0 Å². The number of carbonyl (C=O) groups is 1. The number of benzene rings is 1. The zero-order chi connectivity index (χ0) is 12.1. The largest absolute Gasteiger partial charge is 0.352 e. The van der Waals surface area contributed by atoms with E-state index in [4.69, 9.17) is 0 Å². The van der Waals surface area contributed by atoms with Crippen LogP contribution in [0, 0.1) is 11.8 Å². The maximum Gasteiger partial charge on any atom is 0.224 e. The van der Waals surface area contributed by atoms with E-state index < -0.39 is 0 Å². The van der Waals surface area contributed by atoms with E-state index in [1.807, 2.05) is 30.3 Å². The number of amides is 1. The second kappa shape index (κ2) is 5.82. The predicted octanol–water partition coefficient (Wildman–Crippen LogP) is 1.55. The Morgan fingerprint density at radius 1 is 1.35 bits per heavy atom. The third kappa shape index (κ3) is 3.56. The fourth-order valence-corrected chi connectivity index (χ4v) is 2.29. The lowest BCUT2D eigenvalue weighted by Crippen LogP contribution is -2.43. The molecule has 1 aliphatic heterocycles. The summed E-state index contributed by atoms with van der Waals surface area (Å²) in [5.41, 5.74) is 1.15. The van der Waals surface area contributed by atoms with Gasteiger partial charge in [0.2, 0.25) is 5.91 Å². The molecule has 2 atom stereocenters. The Labute approximate surface area is 103 Å². The molecular formula is C14H20N2O. The zero-order valence-electron chi connectivity index (χ0n) is 10.3. The molecule has 3 nitrogen and oxygen atoms in total. The van der Waals surface area contributed by atoms with Gasteiger partial charge in [0.25, 0.3) is 0 Å². The summed E-state index contributed by atoms with van der Waals surface area (Å²) in [5, 5.41) is 6.31. The first kappa shape index (κ1) is 12.1. The first-order chi connectivity index (χ1) is 8.25. The molecule has 0 saturated carbocycles. The van der Waals surface area contributed by atoms with E-state index in [-0.39, 0.29) is 11.8 Å². The highest BCUT2D eigenvalue weighted by Gasteiger charge is 2.24. The topological polar surface area (TPSA) is 41.1 Å². The minimum Gasteiger partial charge on any atom is -0.352 e. The number of piperidine rings is 1. The Morgan fingerprint density at radius 3 is 2.82 bits per heavy atom. The Balaban J connectivity index is 1.81. The number of nitrogens with one attached hydrogen (secondary N) is 2. The van der Waals surface area contributed by atoms with Crippen LogP contribution in [0.4, 0.5) is 0 Å². The molecule has 1 fully saturated rings. The zero-order valence-corrected chi connectivity index (χ0v) is 10.3. The van der Waals surface area contributed by atoms with Crippen LogP contribution in [0.2, 0.25) is 0 Å². The minimum absolute atomic E-state index is 0.127. The molecule has 0 radical (unpaired) electrons. The fourth-order valence-electron chi connectivity index (χ4n) is 2.29. The summed E-state index contributed by atoms with van der Waals surface area (Å²) in [6.07, 6.45) is 0.994. The highest BCUT2D eigenvalue weighted by molar-refractivity contribution is 5.79. The molecule has 0 spiro atoms. The second-order valence-corrected chi connectivity index (χ2v) is 4.90. The Hall–Kier alpha value is -1.35. The summed E-state index contributed by atoms with van der Waals surface area (Å²) < 4.78 is 0. The third-order valence-electron chi connectivity index (χ3n) is 3.25. The molecule has 92 valence electrons. The lowest BCUT2D eigenvalue weighted by molar-refractivity contribution is -0.126. The maximum absolute atomic E-state index is 12.0. The van der Waals surface area contributed by atoms with Crippen LogP contribution in [0.15, 0.2) is 30.3 Å². The van der Waals surface area contributed by atoms with Gasteiger partial charge in [-0.1, -0.05) is 37.3 Å². The van der Waals surface area contributed by atoms with Gasteiger partial charge in [-0.3, -0.25) is 4.79 Å². The smallest absolute Gasteiger partial charge is 0.224 e. The lowest BCUT2D eigenvalue weighted by atomic mass is 9.91. The van der Waals surface area contributed by atoms with Crippen LogP contribution in [-0.4, -0.2) is 19.0 Å². The summed E-state index contributed by atoms with van der Waals surface area (Å²) in [6.45, 7) is 4.65. The van der Waals surface area contributed by atoms with E-state index in [1.54, 1.807) is 0 Å². The summed E-state index contributed by atoms with van der Waals surface area (Å²) in [7, 11) is 0. The van der Waals surface area contributed by atoms with Crippen molar-refractivity contribution in [3.63, 3.8) is 0 Å². The summed E-state index contributed by atoms with van der Waals surface area (Å²) >= 11 is 0. The van der Waals surface area contributed by atoms with Crippen LogP contribution < -0.4 is 10.6 Å². The summed E-state index contributed by atoms with van der Waals surface area (Å²) in [5.74, 6) is 0.895. The van der Waals surface area contributed by atoms with E-state index in [9.17, 15) is 4.79 Å². The SMILES string of the molecule is CC1CNCC(C(=O)NCc2ccccc2)C1. The number of hydrogen-bond donors (Lipinski definition) is 2. The molecule has 2 rings (SSSR count). The highest BCUT2D eigenvalue weighted by atomic mass is 16.1. The van der Waals surface area contributed by atoms with Gasteiger partial charge in [-0.15, -0.1) is 0 Å². The van der Waals surface area contributed by atoms with Gasteiger partial charge in [0.15, 0.2) is 0 Å². The average Bonchev–Trinajstić information content (AvgIpc) is 2.37. The molecule has 1 aliphatic rings. The first-order valence-electron chi connectivity index (χ1n) is 6.28. The van der Waals surface area contributed by atoms with Gasteiger partial charge < -0.3 is 10.6 Å². The van der Waals surface area contributed by atoms with E-state index >= 15 is 0 Å². The van der Waals surface area contributed by atoms with Crippen LogP contribution in [0.3, 0.4) is 0 Å². The van der Waals surface area contributed by atoms with Crippen LogP contribution >= 0.6 is 0 Å². The van der Waals surface area contributed by atoms with Crippen LogP contribution in [0.5, 0.6) is 0 Å². The van der Waals surface area contributed by atoms with Crippen molar-refractivity contribution in [2.24, 2.45) is 11.8 Å². The average molecular weight is 232 g/mol. The highest BCUT2D eigenvalue weighted by Crippen LogP contribution is 2.15. The quantitative estimate of drug-likeness (QED) is 0.830. The van der Waals surface area contributed by atoms with Crippen LogP contribution in [-0.2, 0) is 11.3 Å². The standard InChI is InChI=1S/C14H20N2O/c1-11-7-13(10-15-8-11)14(17)16-9-12-5-3-2-4-6-12/h2-6,11,13,15H,7-10H2,1H3,(H,16,17). The van der Waals surface area contributed by atoms with Gasteiger partial charge in [-0.05, 0) is 24.4 Å². The lowest BCUT2D eigenvalue weighted by Gasteiger charge is -2.26. The molecular weight excluding hydrogens is 212 g/mol. The Kier molecular flexibility index (Phi) is 4.15. The maximum atomic E-state index is 12.0. The molecule has 1 aromatic rings. The molecule has 1 heterocycles. The van der Waals surface area contributed by atoms with E-state index in [2.05, 4.69) is 17.6 Å². The second-order valence-electron chi connectivity index (χ2n) is 4.90. The molecule has 0 aliphatic carbocycles. The van der Waals surface area contributed by atoms with Crippen LogP contribution in [0.1, 0.15) is 18.9 Å². The third-order valence-corrected chi connectivity index (χ3v) is 3.25. The van der Waals surface area contributed by atoms with Gasteiger partial charge in [-0.2, -0.15) is 0 Å². The van der Waals surface area contributed by atoms with Crippen molar-refractivity contribution in [3.8, 4) is 0 Å². The van der Waals surface area contributed by atoms with Gasteiger partial charge in [-0.25, -0.2) is 0 Å². The minimum atomic E-state index is 0.127. The summed E-state index contributed by atoms with van der Waals surface area (Å²) in [6, 6.07) is 10.0. The van der Waals surface area contributed by atoms with E-state index in [1.165, 1.54) is 0 Å². The molecule has 2 N–H and O–H groups in total. The van der Waals surface area contributed by atoms with Crippen molar-refractivity contribution in [1.82, 2.24) is 10.6 Å². The van der Waals surface area contributed by atoms with Crippen molar-refractivity contribution >= 4 is 5.91 Å². The van der Waals surface area contributed by atoms with Gasteiger partial charge in [0, 0.05) is 13.1 Å². The molecule has 2 unspecified atom stereocenters. The number of carbonyl (C=O) groups excluding carboxylic acids is 1.